The van der Waals surface area contributed by atoms with E-state index in [0.29, 0.717) is 11.6 Å². The summed E-state index contributed by atoms with van der Waals surface area (Å²) in [6, 6.07) is 9.28. The Labute approximate surface area is 135 Å². The fraction of sp³-hybridized carbons (Fsp3) is 0.375. The molecule has 1 aromatic carbocycles. The molecule has 1 aliphatic heterocycles. The summed E-state index contributed by atoms with van der Waals surface area (Å²) < 4.78 is 0. The highest BCUT2D eigenvalue weighted by molar-refractivity contribution is 6.31. The normalized spacial score (nSPS) is 17.5. The summed E-state index contributed by atoms with van der Waals surface area (Å²) in [5.74, 6) is 0.772. The van der Waals surface area contributed by atoms with Crippen LogP contribution in [0.25, 0.3) is 0 Å². The fourth-order valence-corrected chi connectivity index (χ4v) is 2.93. The molecule has 116 valence electrons. The van der Waals surface area contributed by atoms with Gasteiger partial charge in [-0.05, 0) is 12.1 Å². The van der Waals surface area contributed by atoms with Crippen molar-refractivity contribution >= 4 is 17.5 Å². The monoisotopic (exact) mass is 318 g/mol. The molecule has 0 radical (unpaired) electrons. The molecule has 0 unspecified atom stereocenters. The van der Waals surface area contributed by atoms with E-state index in [4.69, 9.17) is 11.6 Å². The molecule has 2 aromatic rings. The van der Waals surface area contributed by atoms with Gasteiger partial charge in [0.1, 0.15) is 0 Å². The predicted molar refractivity (Wildman–Crippen MR) is 87.1 cm³/mol. The Morgan fingerprint density at radius 1 is 1.05 bits per heavy atom. The second-order valence-corrected chi connectivity index (χ2v) is 5.78. The van der Waals surface area contributed by atoms with E-state index >= 15 is 0 Å². The van der Waals surface area contributed by atoms with Crippen molar-refractivity contribution in [2.45, 2.75) is 6.10 Å². The van der Waals surface area contributed by atoms with Crippen molar-refractivity contribution in [2.75, 3.05) is 37.6 Å². The second kappa shape index (κ2) is 7.05. The van der Waals surface area contributed by atoms with E-state index in [1.54, 1.807) is 12.4 Å². The number of halogens is 1. The summed E-state index contributed by atoms with van der Waals surface area (Å²) >= 11 is 6.14. The van der Waals surface area contributed by atoms with Gasteiger partial charge in [0.25, 0.3) is 0 Å². The Morgan fingerprint density at radius 3 is 2.41 bits per heavy atom. The van der Waals surface area contributed by atoms with E-state index in [9.17, 15) is 5.11 Å². The molecule has 1 aliphatic rings. The molecule has 0 amide bonds. The first-order valence-corrected chi connectivity index (χ1v) is 7.78. The Bertz CT molecular complexity index is 602. The number of benzene rings is 1. The van der Waals surface area contributed by atoms with Crippen molar-refractivity contribution in [2.24, 2.45) is 0 Å². The molecule has 0 bridgehead atoms. The summed E-state index contributed by atoms with van der Waals surface area (Å²) in [6.45, 7) is 4.06. The van der Waals surface area contributed by atoms with Crippen molar-refractivity contribution in [3.8, 4) is 0 Å². The molecule has 1 fully saturated rings. The summed E-state index contributed by atoms with van der Waals surface area (Å²) in [4.78, 5) is 13.0. The molecule has 1 saturated heterocycles. The Kier molecular flexibility index (Phi) is 4.87. The molecule has 0 saturated carbocycles. The van der Waals surface area contributed by atoms with Crippen LogP contribution in [0.5, 0.6) is 0 Å². The number of piperazine rings is 1. The smallest absolute Gasteiger partial charge is 0.225 e. The molecule has 22 heavy (non-hydrogen) atoms. The number of rotatable bonds is 4. The molecule has 1 atom stereocenters. The van der Waals surface area contributed by atoms with Crippen LogP contribution in [0, 0.1) is 0 Å². The second-order valence-electron chi connectivity index (χ2n) is 5.37. The number of hydrogen-bond donors (Lipinski definition) is 1. The highest BCUT2D eigenvalue weighted by Gasteiger charge is 2.21. The first-order chi connectivity index (χ1) is 10.7. The van der Waals surface area contributed by atoms with Gasteiger partial charge in [0.2, 0.25) is 5.95 Å². The first-order valence-electron chi connectivity index (χ1n) is 7.41. The minimum Gasteiger partial charge on any atom is -0.387 e. The molecule has 5 nitrogen and oxygen atoms in total. The topological polar surface area (TPSA) is 52.5 Å². The summed E-state index contributed by atoms with van der Waals surface area (Å²) in [5, 5.41) is 11.0. The molecule has 0 spiro atoms. The summed E-state index contributed by atoms with van der Waals surface area (Å²) in [6.07, 6.45) is 2.96. The van der Waals surface area contributed by atoms with Crippen LogP contribution < -0.4 is 4.90 Å². The first kappa shape index (κ1) is 15.2. The van der Waals surface area contributed by atoms with Crippen LogP contribution in [0.3, 0.4) is 0 Å². The third-order valence-electron chi connectivity index (χ3n) is 3.90. The average molecular weight is 319 g/mol. The standard InChI is InChI=1S/C16H19ClN4O/c17-14-5-2-1-4-13(14)15(22)12-20-8-10-21(11-9-20)16-18-6-3-7-19-16/h1-7,15,22H,8-12H2/t15-/m1/s1. The largest absolute Gasteiger partial charge is 0.387 e. The average Bonchev–Trinajstić information content (AvgIpc) is 2.57. The van der Waals surface area contributed by atoms with Crippen LogP contribution in [0.15, 0.2) is 42.7 Å². The molecule has 0 aliphatic carbocycles. The van der Waals surface area contributed by atoms with E-state index in [2.05, 4.69) is 19.8 Å². The van der Waals surface area contributed by atoms with E-state index < -0.39 is 6.10 Å². The van der Waals surface area contributed by atoms with E-state index in [-0.39, 0.29) is 0 Å². The number of aliphatic hydroxyl groups is 1. The van der Waals surface area contributed by atoms with Crippen LogP contribution in [0.4, 0.5) is 5.95 Å². The maximum atomic E-state index is 10.4. The minimum atomic E-state index is -0.562. The van der Waals surface area contributed by atoms with Crippen molar-refractivity contribution in [3.63, 3.8) is 0 Å². The SMILES string of the molecule is O[C@H](CN1CCN(c2ncccn2)CC1)c1ccccc1Cl. The predicted octanol–water partition coefficient (Wildman–Crippen LogP) is 1.99. The van der Waals surface area contributed by atoms with E-state index in [0.717, 1.165) is 37.7 Å². The lowest BCUT2D eigenvalue weighted by Crippen LogP contribution is -2.48. The molecule has 3 rings (SSSR count). The zero-order valence-corrected chi connectivity index (χ0v) is 13.0. The zero-order valence-electron chi connectivity index (χ0n) is 12.3. The van der Waals surface area contributed by atoms with Gasteiger partial charge in [-0.2, -0.15) is 0 Å². The van der Waals surface area contributed by atoms with Gasteiger partial charge in [-0.1, -0.05) is 29.8 Å². The van der Waals surface area contributed by atoms with Gasteiger partial charge in [-0.25, -0.2) is 9.97 Å². The number of β-amino-alcohol motifs (C(OH)–C–C–N with tert-alkyl or cyclic N) is 1. The van der Waals surface area contributed by atoms with Crippen molar-refractivity contribution < 1.29 is 5.11 Å². The number of aliphatic hydroxyl groups excluding tert-OH is 1. The van der Waals surface area contributed by atoms with Crippen LogP contribution in [0.2, 0.25) is 5.02 Å². The van der Waals surface area contributed by atoms with Gasteiger partial charge in [0.05, 0.1) is 6.10 Å². The van der Waals surface area contributed by atoms with E-state index in [1.807, 2.05) is 30.3 Å². The van der Waals surface area contributed by atoms with E-state index in [1.165, 1.54) is 0 Å². The summed E-state index contributed by atoms with van der Waals surface area (Å²) in [7, 11) is 0. The zero-order chi connectivity index (χ0) is 15.4. The van der Waals surface area contributed by atoms with Gasteiger partial charge >= 0.3 is 0 Å². The lowest BCUT2D eigenvalue weighted by molar-refractivity contribution is 0.109. The van der Waals surface area contributed by atoms with Crippen LogP contribution in [-0.2, 0) is 0 Å². The number of nitrogens with zero attached hydrogens (tertiary/aromatic N) is 4. The Balaban J connectivity index is 1.55. The molecular weight excluding hydrogens is 300 g/mol. The highest BCUT2D eigenvalue weighted by Crippen LogP contribution is 2.23. The third-order valence-corrected chi connectivity index (χ3v) is 4.25. The van der Waals surface area contributed by atoms with Crippen LogP contribution in [-0.4, -0.2) is 52.7 Å². The fourth-order valence-electron chi connectivity index (χ4n) is 2.67. The minimum absolute atomic E-state index is 0.562. The number of aromatic nitrogens is 2. The molecule has 1 N–H and O–H groups in total. The highest BCUT2D eigenvalue weighted by atomic mass is 35.5. The quantitative estimate of drug-likeness (QED) is 0.934. The molecular formula is C16H19ClN4O. The molecule has 2 heterocycles. The lowest BCUT2D eigenvalue weighted by atomic mass is 10.1. The van der Waals surface area contributed by atoms with Gasteiger partial charge in [-0.15, -0.1) is 0 Å². The van der Waals surface area contributed by atoms with Crippen molar-refractivity contribution in [3.05, 3.63) is 53.3 Å². The Hall–Kier alpha value is -1.69. The molecule has 1 aromatic heterocycles. The van der Waals surface area contributed by atoms with Gasteiger partial charge in [-0.3, -0.25) is 4.90 Å². The van der Waals surface area contributed by atoms with Crippen LogP contribution >= 0.6 is 11.6 Å². The lowest BCUT2D eigenvalue weighted by Gasteiger charge is -2.35. The third kappa shape index (κ3) is 3.55. The number of anilines is 1. The van der Waals surface area contributed by atoms with Crippen LogP contribution in [0.1, 0.15) is 11.7 Å². The molecule has 6 heteroatoms. The maximum Gasteiger partial charge on any atom is 0.225 e. The maximum absolute atomic E-state index is 10.4. The van der Waals surface area contributed by atoms with Gasteiger partial charge in [0.15, 0.2) is 0 Å². The summed E-state index contributed by atoms with van der Waals surface area (Å²) in [5.41, 5.74) is 0.790. The Morgan fingerprint density at radius 2 is 1.73 bits per heavy atom. The van der Waals surface area contributed by atoms with Gasteiger partial charge < -0.3 is 10.0 Å². The van der Waals surface area contributed by atoms with Gasteiger partial charge in [0, 0.05) is 55.7 Å². The van der Waals surface area contributed by atoms with Crippen molar-refractivity contribution in [1.29, 1.82) is 0 Å². The number of hydrogen-bond acceptors (Lipinski definition) is 5. The van der Waals surface area contributed by atoms with Crippen molar-refractivity contribution in [1.82, 2.24) is 14.9 Å².